The monoisotopic (exact) mass is 327 g/mol. The number of likely N-dealkylation sites (tertiary alicyclic amines) is 1. The Morgan fingerprint density at radius 1 is 1.25 bits per heavy atom. The molecule has 0 radical (unpaired) electrons. The fourth-order valence-electron chi connectivity index (χ4n) is 3.25. The number of piperidine rings is 1. The molecule has 0 bridgehead atoms. The molecule has 1 amide bonds. The molecule has 1 fully saturated rings. The molecule has 1 aliphatic rings. The predicted octanol–water partition coefficient (Wildman–Crippen LogP) is 3.25. The van der Waals surface area contributed by atoms with E-state index >= 15 is 0 Å². The van der Waals surface area contributed by atoms with E-state index in [9.17, 15) is 4.79 Å². The van der Waals surface area contributed by atoms with E-state index in [0.717, 1.165) is 31.5 Å². The number of rotatable bonds is 4. The summed E-state index contributed by atoms with van der Waals surface area (Å²) in [5.74, 6) is 0.474. The maximum Gasteiger partial charge on any atom is 0.257 e. The topological polar surface area (TPSA) is 58.4 Å². The maximum atomic E-state index is 12.8. The van der Waals surface area contributed by atoms with Crippen molar-refractivity contribution in [3.05, 3.63) is 41.7 Å². The third kappa shape index (κ3) is 3.51. The second-order valence-corrected chi connectivity index (χ2v) is 6.71. The van der Waals surface area contributed by atoms with Gasteiger partial charge in [0.05, 0.1) is 0 Å². The molecule has 0 atom stereocenters. The highest BCUT2D eigenvalue weighted by atomic mass is 16.5. The molecule has 1 aromatic carbocycles. The van der Waals surface area contributed by atoms with Gasteiger partial charge < -0.3 is 14.7 Å². The first-order valence-corrected chi connectivity index (χ1v) is 8.63. The molecule has 2 aromatic rings. The highest BCUT2D eigenvalue weighted by Crippen LogP contribution is 2.25. The molecule has 1 aromatic heterocycles. The van der Waals surface area contributed by atoms with Gasteiger partial charge in [-0.25, -0.2) is 0 Å². The van der Waals surface area contributed by atoms with Gasteiger partial charge in [0, 0.05) is 30.7 Å². The Bertz CT molecular complexity index is 686. The summed E-state index contributed by atoms with van der Waals surface area (Å²) in [5, 5.41) is 7.26. The summed E-state index contributed by atoms with van der Waals surface area (Å²) in [6.07, 6.45) is 1.96. The van der Waals surface area contributed by atoms with Crippen LogP contribution in [0.4, 0.5) is 0 Å². The Morgan fingerprint density at radius 3 is 2.54 bits per heavy atom. The Morgan fingerprint density at radius 2 is 1.92 bits per heavy atom. The van der Waals surface area contributed by atoms with Crippen LogP contribution in [0.5, 0.6) is 0 Å². The van der Waals surface area contributed by atoms with Crippen LogP contribution in [-0.4, -0.2) is 41.1 Å². The second kappa shape index (κ2) is 7.18. The van der Waals surface area contributed by atoms with Gasteiger partial charge >= 0.3 is 0 Å². The van der Waals surface area contributed by atoms with Gasteiger partial charge in [0.25, 0.3) is 5.91 Å². The number of carbonyl (C=O) groups is 1. The van der Waals surface area contributed by atoms with E-state index in [1.165, 1.54) is 0 Å². The van der Waals surface area contributed by atoms with Crippen molar-refractivity contribution in [3.63, 3.8) is 0 Å². The van der Waals surface area contributed by atoms with Crippen molar-refractivity contribution in [2.24, 2.45) is 0 Å². The Kier molecular flexibility index (Phi) is 5.00. The fraction of sp³-hybridized carbons (Fsp3) is 0.474. The van der Waals surface area contributed by atoms with Gasteiger partial charge in [0.2, 0.25) is 0 Å². The van der Waals surface area contributed by atoms with Gasteiger partial charge in [0.15, 0.2) is 0 Å². The first kappa shape index (κ1) is 16.7. The van der Waals surface area contributed by atoms with Crippen molar-refractivity contribution in [2.45, 2.75) is 45.7 Å². The molecule has 1 saturated heterocycles. The first-order valence-electron chi connectivity index (χ1n) is 8.63. The zero-order valence-corrected chi connectivity index (χ0v) is 14.6. The number of amides is 1. The molecule has 3 rings (SSSR count). The van der Waals surface area contributed by atoms with E-state index in [-0.39, 0.29) is 11.9 Å². The summed E-state index contributed by atoms with van der Waals surface area (Å²) in [7, 11) is 0. The van der Waals surface area contributed by atoms with E-state index in [1.807, 2.05) is 30.3 Å². The lowest BCUT2D eigenvalue weighted by Crippen LogP contribution is -2.46. The van der Waals surface area contributed by atoms with Gasteiger partial charge in [-0.2, -0.15) is 0 Å². The summed E-state index contributed by atoms with van der Waals surface area (Å²) in [6.45, 7) is 8.26. The molecule has 0 saturated carbocycles. The summed E-state index contributed by atoms with van der Waals surface area (Å²) in [5.41, 5.74) is 2.06. The van der Waals surface area contributed by atoms with Crippen LogP contribution >= 0.6 is 0 Å². The Hall–Kier alpha value is -2.14. The minimum Gasteiger partial charge on any atom is -0.360 e. The van der Waals surface area contributed by atoms with Gasteiger partial charge in [0.1, 0.15) is 17.0 Å². The van der Waals surface area contributed by atoms with Crippen molar-refractivity contribution in [3.8, 4) is 11.3 Å². The molecule has 24 heavy (non-hydrogen) atoms. The van der Waals surface area contributed by atoms with Crippen LogP contribution < -0.4 is 5.32 Å². The van der Waals surface area contributed by atoms with Crippen LogP contribution in [0.1, 0.15) is 42.8 Å². The van der Waals surface area contributed by atoms with Crippen LogP contribution in [-0.2, 0) is 0 Å². The van der Waals surface area contributed by atoms with E-state index in [4.69, 9.17) is 4.52 Å². The standard InChI is InChI=1S/C19H25N3O2/c1-13(2)22-11-9-16(10-12-22)20-19(23)17-14(3)24-21-18(17)15-7-5-4-6-8-15/h4-8,13,16H,9-12H2,1-3H3,(H,20,23). The highest BCUT2D eigenvalue weighted by Gasteiger charge is 2.26. The molecule has 5 heteroatoms. The summed E-state index contributed by atoms with van der Waals surface area (Å²) in [6, 6.07) is 10.5. The van der Waals surface area contributed by atoms with Crippen molar-refractivity contribution in [2.75, 3.05) is 13.1 Å². The number of benzene rings is 1. The summed E-state index contributed by atoms with van der Waals surface area (Å²) < 4.78 is 5.29. The number of hydrogen-bond donors (Lipinski definition) is 1. The lowest BCUT2D eigenvalue weighted by Gasteiger charge is -2.34. The summed E-state index contributed by atoms with van der Waals surface area (Å²) >= 11 is 0. The highest BCUT2D eigenvalue weighted by molar-refractivity contribution is 6.00. The smallest absolute Gasteiger partial charge is 0.257 e. The van der Waals surface area contributed by atoms with Crippen LogP contribution in [0.25, 0.3) is 11.3 Å². The minimum absolute atomic E-state index is 0.0874. The lowest BCUT2D eigenvalue weighted by molar-refractivity contribution is 0.0899. The third-order valence-electron chi connectivity index (χ3n) is 4.73. The molecule has 0 spiro atoms. The largest absolute Gasteiger partial charge is 0.360 e. The maximum absolute atomic E-state index is 12.8. The van der Waals surface area contributed by atoms with E-state index in [0.29, 0.717) is 23.1 Å². The number of aryl methyl sites for hydroxylation is 1. The van der Waals surface area contributed by atoms with Crippen LogP contribution in [0.2, 0.25) is 0 Å². The van der Waals surface area contributed by atoms with E-state index < -0.39 is 0 Å². The molecule has 128 valence electrons. The van der Waals surface area contributed by atoms with Crippen LogP contribution in [0.3, 0.4) is 0 Å². The normalized spacial score (nSPS) is 16.5. The second-order valence-electron chi connectivity index (χ2n) is 6.71. The average Bonchev–Trinajstić information content (AvgIpc) is 2.98. The fourth-order valence-corrected chi connectivity index (χ4v) is 3.25. The van der Waals surface area contributed by atoms with Crippen molar-refractivity contribution >= 4 is 5.91 Å². The van der Waals surface area contributed by atoms with Crippen molar-refractivity contribution in [1.82, 2.24) is 15.4 Å². The third-order valence-corrected chi connectivity index (χ3v) is 4.73. The van der Waals surface area contributed by atoms with Gasteiger partial charge in [-0.15, -0.1) is 0 Å². The molecule has 0 unspecified atom stereocenters. The molecule has 2 heterocycles. The molecular formula is C19H25N3O2. The molecule has 1 aliphatic heterocycles. The summed E-state index contributed by atoms with van der Waals surface area (Å²) in [4.78, 5) is 15.2. The van der Waals surface area contributed by atoms with Crippen LogP contribution in [0.15, 0.2) is 34.9 Å². The van der Waals surface area contributed by atoms with Crippen molar-refractivity contribution < 1.29 is 9.32 Å². The number of nitrogens with one attached hydrogen (secondary N) is 1. The molecule has 1 N–H and O–H groups in total. The number of nitrogens with zero attached hydrogens (tertiary/aromatic N) is 2. The van der Waals surface area contributed by atoms with Gasteiger partial charge in [-0.05, 0) is 33.6 Å². The van der Waals surface area contributed by atoms with Gasteiger partial charge in [-0.1, -0.05) is 35.5 Å². The minimum atomic E-state index is -0.0874. The predicted molar refractivity (Wildman–Crippen MR) is 93.9 cm³/mol. The number of carbonyl (C=O) groups excluding carboxylic acids is 1. The molecule has 5 nitrogen and oxygen atoms in total. The van der Waals surface area contributed by atoms with Gasteiger partial charge in [-0.3, -0.25) is 4.79 Å². The average molecular weight is 327 g/mol. The lowest BCUT2D eigenvalue weighted by atomic mass is 10.0. The van der Waals surface area contributed by atoms with E-state index in [2.05, 4.69) is 29.2 Å². The van der Waals surface area contributed by atoms with Crippen LogP contribution in [0, 0.1) is 6.92 Å². The first-order chi connectivity index (χ1) is 11.6. The van der Waals surface area contributed by atoms with Crippen molar-refractivity contribution in [1.29, 1.82) is 0 Å². The quantitative estimate of drug-likeness (QED) is 0.936. The molecular weight excluding hydrogens is 302 g/mol. The number of hydrogen-bond acceptors (Lipinski definition) is 4. The SMILES string of the molecule is Cc1onc(-c2ccccc2)c1C(=O)NC1CCN(C(C)C)CC1. The zero-order valence-electron chi connectivity index (χ0n) is 14.6. The van der Waals surface area contributed by atoms with E-state index in [1.54, 1.807) is 6.92 Å². The molecule has 0 aliphatic carbocycles. The number of aromatic nitrogens is 1. The zero-order chi connectivity index (χ0) is 17.1. The Balaban J connectivity index is 1.71. The Labute approximate surface area is 143 Å².